The van der Waals surface area contributed by atoms with Gasteiger partial charge in [-0.1, -0.05) is 96.8 Å². The molecular formula is C24H42N2NiO3S. The number of nitrogen functional groups attached to an aromatic ring is 1. The van der Waals surface area contributed by atoms with Crippen LogP contribution >= 0.6 is 0 Å². The maximum atomic E-state index is 12.1. The van der Waals surface area contributed by atoms with Crippen LogP contribution in [0.4, 0.5) is 5.69 Å². The van der Waals surface area contributed by atoms with Gasteiger partial charge in [0.1, 0.15) is 0 Å². The number of unbranched alkanes of at least 4 members (excludes halogenated alkanes) is 14. The van der Waals surface area contributed by atoms with Crippen molar-refractivity contribution in [1.29, 1.82) is 0 Å². The standard InChI is InChI=1S/C24H42N2O3S.Ni/c1-2-3-4-5-6-7-8-9-10-11-12-13-14-15-16-17-24(27)26-30(28,29)23-20-18-22(25)19-21-23;/h18-21H,2-17,25H2,1H3,(H,26,27);. The first-order valence-electron chi connectivity index (χ1n) is 11.9. The van der Waals surface area contributed by atoms with Crippen LogP contribution in [0.25, 0.3) is 0 Å². The number of hydrogen-bond acceptors (Lipinski definition) is 4. The van der Waals surface area contributed by atoms with Crippen molar-refractivity contribution in [3.63, 3.8) is 0 Å². The molecule has 3 N–H and O–H groups in total. The van der Waals surface area contributed by atoms with Crippen molar-refractivity contribution < 1.29 is 29.7 Å². The fraction of sp³-hybridized carbons (Fsp3) is 0.708. The summed E-state index contributed by atoms with van der Waals surface area (Å²) in [6.45, 7) is 2.26. The molecule has 182 valence electrons. The van der Waals surface area contributed by atoms with Crippen LogP contribution in [-0.4, -0.2) is 14.3 Å². The van der Waals surface area contributed by atoms with Gasteiger partial charge in [-0.05, 0) is 30.7 Å². The summed E-state index contributed by atoms with van der Waals surface area (Å²) >= 11 is 0. The van der Waals surface area contributed by atoms with Gasteiger partial charge in [-0.3, -0.25) is 4.79 Å². The molecule has 0 aliphatic carbocycles. The summed E-state index contributed by atoms with van der Waals surface area (Å²) in [4.78, 5) is 12.0. The number of anilines is 1. The molecule has 1 aromatic rings. The van der Waals surface area contributed by atoms with E-state index >= 15 is 0 Å². The van der Waals surface area contributed by atoms with Gasteiger partial charge in [0.15, 0.2) is 0 Å². The molecule has 1 amide bonds. The first-order valence-corrected chi connectivity index (χ1v) is 13.3. The molecule has 7 heteroatoms. The quantitative estimate of drug-likeness (QED) is 0.141. The van der Waals surface area contributed by atoms with E-state index in [1.54, 1.807) is 0 Å². The Hall–Kier alpha value is -1.07. The summed E-state index contributed by atoms with van der Waals surface area (Å²) in [6.07, 6.45) is 19.2. The number of benzene rings is 1. The maximum Gasteiger partial charge on any atom is 0.264 e. The first-order chi connectivity index (χ1) is 14.5. The molecule has 0 aliphatic rings. The van der Waals surface area contributed by atoms with Crippen LogP contribution in [0.2, 0.25) is 0 Å². The number of hydrogen-bond donors (Lipinski definition) is 2. The summed E-state index contributed by atoms with van der Waals surface area (Å²) in [5.74, 6) is -0.443. The van der Waals surface area contributed by atoms with Crippen LogP contribution in [0.1, 0.15) is 110 Å². The smallest absolute Gasteiger partial charge is 0.264 e. The van der Waals surface area contributed by atoms with Gasteiger partial charge in [-0.2, -0.15) is 0 Å². The van der Waals surface area contributed by atoms with E-state index in [-0.39, 0.29) is 27.8 Å². The molecule has 1 rings (SSSR count). The Balaban J connectivity index is 0.00000900. The maximum absolute atomic E-state index is 12.1. The molecular weight excluding hydrogens is 455 g/mol. The van der Waals surface area contributed by atoms with E-state index in [4.69, 9.17) is 5.73 Å². The van der Waals surface area contributed by atoms with Crippen molar-refractivity contribution in [2.24, 2.45) is 0 Å². The van der Waals surface area contributed by atoms with E-state index in [2.05, 4.69) is 11.6 Å². The Bertz CT molecular complexity index is 679. The summed E-state index contributed by atoms with van der Waals surface area (Å²) in [5, 5.41) is 0. The molecule has 0 bridgehead atoms. The van der Waals surface area contributed by atoms with E-state index in [0.29, 0.717) is 5.69 Å². The number of carbonyl (C=O) groups is 1. The average molecular weight is 497 g/mol. The van der Waals surface area contributed by atoms with Gasteiger partial charge in [0, 0.05) is 28.6 Å². The molecule has 31 heavy (non-hydrogen) atoms. The van der Waals surface area contributed by atoms with Gasteiger partial charge in [0.2, 0.25) is 5.91 Å². The molecule has 0 atom stereocenters. The monoisotopic (exact) mass is 496 g/mol. The number of sulfonamides is 1. The fourth-order valence-electron chi connectivity index (χ4n) is 3.56. The second-order valence-corrected chi connectivity index (χ2v) is 9.98. The Morgan fingerprint density at radius 2 is 1.13 bits per heavy atom. The SMILES string of the molecule is CCCCCCCCCCCCCCCCCC(=O)NS(=O)(=O)c1ccc(N)cc1.[Ni]. The van der Waals surface area contributed by atoms with Gasteiger partial charge in [0.05, 0.1) is 4.90 Å². The third kappa shape index (κ3) is 15.4. The van der Waals surface area contributed by atoms with E-state index in [9.17, 15) is 13.2 Å². The molecule has 0 saturated carbocycles. The summed E-state index contributed by atoms with van der Waals surface area (Å²) in [5.41, 5.74) is 6.04. The van der Waals surface area contributed by atoms with Crippen LogP contribution in [0.5, 0.6) is 0 Å². The number of carbonyl (C=O) groups excluding carboxylic acids is 1. The van der Waals surface area contributed by atoms with Crippen LogP contribution in [0.15, 0.2) is 29.2 Å². The Morgan fingerprint density at radius 1 is 0.742 bits per heavy atom. The minimum Gasteiger partial charge on any atom is -0.399 e. The Morgan fingerprint density at radius 3 is 1.55 bits per heavy atom. The topological polar surface area (TPSA) is 89.3 Å². The summed E-state index contributed by atoms with van der Waals surface area (Å²) in [7, 11) is -3.80. The van der Waals surface area contributed by atoms with Gasteiger partial charge >= 0.3 is 0 Å². The molecule has 0 fully saturated rings. The molecule has 5 nitrogen and oxygen atoms in total. The van der Waals surface area contributed by atoms with Crippen molar-refractivity contribution in [3.8, 4) is 0 Å². The number of nitrogens with one attached hydrogen (secondary N) is 1. The van der Waals surface area contributed by atoms with Crippen LogP contribution in [0.3, 0.4) is 0 Å². The normalized spacial score (nSPS) is 11.1. The van der Waals surface area contributed by atoms with Crippen LogP contribution < -0.4 is 10.5 Å². The average Bonchev–Trinajstić information content (AvgIpc) is 2.71. The third-order valence-corrected chi connectivity index (χ3v) is 6.84. The van der Waals surface area contributed by atoms with Crippen LogP contribution in [-0.2, 0) is 31.3 Å². The molecule has 0 radical (unpaired) electrons. The van der Waals surface area contributed by atoms with Crippen LogP contribution in [0, 0.1) is 0 Å². The van der Waals surface area contributed by atoms with Gasteiger partial charge in [0.25, 0.3) is 10.0 Å². The van der Waals surface area contributed by atoms with E-state index < -0.39 is 15.9 Å². The molecule has 0 aliphatic heterocycles. The molecule has 0 saturated heterocycles. The summed E-state index contributed by atoms with van der Waals surface area (Å²) < 4.78 is 26.4. The predicted octanol–water partition coefficient (Wildman–Crippen LogP) is 6.33. The zero-order valence-corrected chi connectivity index (χ0v) is 21.0. The molecule has 0 unspecified atom stereocenters. The first kappa shape index (κ1) is 29.9. The number of amides is 1. The zero-order valence-electron chi connectivity index (χ0n) is 19.1. The van der Waals surface area contributed by atoms with Gasteiger partial charge < -0.3 is 5.73 Å². The van der Waals surface area contributed by atoms with Crippen molar-refractivity contribution in [3.05, 3.63) is 24.3 Å². The second kappa shape index (κ2) is 18.5. The third-order valence-electron chi connectivity index (χ3n) is 5.45. The number of nitrogens with two attached hydrogens (primary N) is 1. The zero-order chi connectivity index (χ0) is 22.1. The Labute approximate surface area is 200 Å². The fourth-order valence-corrected chi connectivity index (χ4v) is 4.58. The largest absolute Gasteiger partial charge is 0.399 e. The summed E-state index contributed by atoms with van der Waals surface area (Å²) in [6, 6.07) is 5.82. The van der Waals surface area contributed by atoms with Gasteiger partial charge in [-0.25, -0.2) is 13.1 Å². The van der Waals surface area contributed by atoms with E-state index in [1.165, 1.54) is 101 Å². The van der Waals surface area contributed by atoms with E-state index in [1.807, 2.05) is 0 Å². The minimum absolute atomic E-state index is 0. The van der Waals surface area contributed by atoms with Crippen molar-refractivity contribution in [2.45, 2.75) is 115 Å². The predicted molar refractivity (Wildman–Crippen MR) is 126 cm³/mol. The Kier molecular flexibility index (Phi) is 17.9. The molecule has 0 aromatic heterocycles. The minimum atomic E-state index is -3.80. The van der Waals surface area contributed by atoms with Crippen molar-refractivity contribution >= 4 is 21.6 Å². The molecule has 1 aromatic carbocycles. The van der Waals surface area contributed by atoms with E-state index in [0.717, 1.165) is 19.3 Å². The number of rotatable bonds is 18. The van der Waals surface area contributed by atoms with Crippen molar-refractivity contribution in [1.82, 2.24) is 4.72 Å². The van der Waals surface area contributed by atoms with Gasteiger partial charge in [-0.15, -0.1) is 0 Å². The molecule has 0 spiro atoms. The second-order valence-electron chi connectivity index (χ2n) is 8.30. The molecule has 0 heterocycles. The van der Waals surface area contributed by atoms with Crippen molar-refractivity contribution in [2.75, 3.05) is 5.73 Å².